The van der Waals surface area contributed by atoms with Gasteiger partial charge in [-0.15, -0.1) is 5.10 Å². The van der Waals surface area contributed by atoms with Gasteiger partial charge in [0.15, 0.2) is 5.82 Å². The summed E-state index contributed by atoms with van der Waals surface area (Å²) >= 11 is 0. The molecule has 7 nitrogen and oxygen atoms in total. The number of ether oxygens (including phenoxy) is 1. The van der Waals surface area contributed by atoms with Gasteiger partial charge in [0.2, 0.25) is 5.88 Å². The predicted molar refractivity (Wildman–Crippen MR) is 97.6 cm³/mol. The van der Waals surface area contributed by atoms with E-state index < -0.39 is 0 Å². The van der Waals surface area contributed by atoms with Crippen LogP contribution in [-0.4, -0.2) is 58.8 Å². The Bertz CT molecular complexity index is 802. The maximum absolute atomic E-state index is 12.9. The molecule has 136 valence electrons. The van der Waals surface area contributed by atoms with Crippen LogP contribution in [0.25, 0.3) is 0 Å². The second-order valence-electron chi connectivity index (χ2n) is 6.60. The van der Waals surface area contributed by atoms with Crippen LogP contribution in [0.4, 0.5) is 5.82 Å². The molecule has 0 saturated carbocycles. The first kappa shape index (κ1) is 16.8. The molecule has 0 spiro atoms. The minimum Gasteiger partial charge on any atom is -0.477 e. The molecule has 4 rings (SSSR count). The van der Waals surface area contributed by atoms with Gasteiger partial charge in [-0.3, -0.25) is 4.79 Å². The molecular weight excluding hydrogens is 330 g/mol. The van der Waals surface area contributed by atoms with E-state index in [1.54, 1.807) is 18.3 Å². The maximum Gasteiger partial charge on any atom is 0.259 e. The van der Waals surface area contributed by atoms with E-state index in [1.165, 1.54) is 12.0 Å². The van der Waals surface area contributed by atoms with E-state index >= 15 is 0 Å². The van der Waals surface area contributed by atoms with Crippen molar-refractivity contribution >= 4 is 11.7 Å². The van der Waals surface area contributed by atoms with Crippen molar-refractivity contribution in [3.8, 4) is 5.88 Å². The number of aryl methyl sites for hydroxylation is 2. The number of rotatable bonds is 4. The summed E-state index contributed by atoms with van der Waals surface area (Å²) in [6.07, 6.45) is 4.95. The Morgan fingerprint density at radius 3 is 2.85 bits per heavy atom. The second kappa shape index (κ2) is 7.27. The highest BCUT2D eigenvalue weighted by Gasteiger charge is 2.26. The van der Waals surface area contributed by atoms with Crippen molar-refractivity contribution in [2.45, 2.75) is 26.2 Å². The molecule has 7 heteroatoms. The monoisotopic (exact) mass is 353 g/mol. The van der Waals surface area contributed by atoms with Crippen molar-refractivity contribution in [1.29, 1.82) is 0 Å². The molecule has 1 saturated heterocycles. The molecule has 0 bridgehead atoms. The molecule has 26 heavy (non-hydrogen) atoms. The van der Waals surface area contributed by atoms with Gasteiger partial charge in [0, 0.05) is 32.4 Å². The Morgan fingerprint density at radius 2 is 2.04 bits per heavy atom. The van der Waals surface area contributed by atoms with Crippen LogP contribution in [0.1, 0.15) is 35.0 Å². The molecule has 2 aromatic heterocycles. The summed E-state index contributed by atoms with van der Waals surface area (Å²) in [5.74, 6) is 1.31. The number of carbonyl (C=O) groups is 1. The van der Waals surface area contributed by atoms with Gasteiger partial charge in [0.05, 0.1) is 12.3 Å². The van der Waals surface area contributed by atoms with Crippen molar-refractivity contribution in [1.82, 2.24) is 20.1 Å². The zero-order chi connectivity index (χ0) is 17.9. The molecular formula is C19H23N5O2. The number of amides is 1. The molecule has 0 atom stereocenters. The lowest BCUT2D eigenvalue weighted by atomic mass is 10.2. The summed E-state index contributed by atoms with van der Waals surface area (Å²) in [6, 6.07) is 5.71. The van der Waals surface area contributed by atoms with Crippen LogP contribution in [0.5, 0.6) is 5.88 Å². The van der Waals surface area contributed by atoms with E-state index in [0.717, 1.165) is 37.4 Å². The lowest BCUT2D eigenvalue weighted by molar-refractivity contribution is 0.0741. The zero-order valence-electron chi connectivity index (χ0n) is 15.0. The molecule has 0 radical (unpaired) electrons. The van der Waals surface area contributed by atoms with E-state index in [2.05, 4.69) is 26.1 Å². The third kappa shape index (κ3) is 3.21. The SMILES string of the molecule is CCOc1ncccc1C(=O)N1CCN(c2cc3c(nn2)CCC3)CC1. The normalized spacial score (nSPS) is 16.5. The Balaban J connectivity index is 1.43. The molecule has 1 aliphatic carbocycles. The predicted octanol–water partition coefficient (Wildman–Crippen LogP) is 1.72. The Morgan fingerprint density at radius 1 is 1.19 bits per heavy atom. The van der Waals surface area contributed by atoms with Gasteiger partial charge in [-0.25, -0.2) is 4.98 Å². The van der Waals surface area contributed by atoms with Crippen LogP contribution in [0, 0.1) is 0 Å². The van der Waals surface area contributed by atoms with E-state index in [9.17, 15) is 4.79 Å². The number of aromatic nitrogens is 3. The Kier molecular flexibility index (Phi) is 4.69. The van der Waals surface area contributed by atoms with Crippen molar-refractivity contribution in [3.05, 3.63) is 41.2 Å². The van der Waals surface area contributed by atoms with Crippen molar-refractivity contribution in [2.75, 3.05) is 37.7 Å². The molecule has 0 N–H and O–H groups in total. The highest BCUT2D eigenvalue weighted by atomic mass is 16.5. The highest BCUT2D eigenvalue weighted by Crippen LogP contribution is 2.24. The molecule has 0 aromatic carbocycles. The number of piperazine rings is 1. The first-order valence-electron chi connectivity index (χ1n) is 9.23. The quantitative estimate of drug-likeness (QED) is 0.833. The third-order valence-corrected chi connectivity index (χ3v) is 4.98. The van der Waals surface area contributed by atoms with Crippen molar-refractivity contribution < 1.29 is 9.53 Å². The molecule has 1 fully saturated rings. The van der Waals surface area contributed by atoms with Gasteiger partial charge < -0.3 is 14.5 Å². The van der Waals surface area contributed by atoms with E-state index in [-0.39, 0.29) is 5.91 Å². The van der Waals surface area contributed by atoms with Crippen LogP contribution >= 0.6 is 0 Å². The largest absolute Gasteiger partial charge is 0.477 e. The van der Waals surface area contributed by atoms with Crippen LogP contribution in [-0.2, 0) is 12.8 Å². The number of hydrogen-bond donors (Lipinski definition) is 0. The number of anilines is 1. The number of pyridine rings is 1. The number of hydrogen-bond acceptors (Lipinski definition) is 6. The fraction of sp³-hybridized carbons (Fsp3) is 0.474. The van der Waals surface area contributed by atoms with Gasteiger partial charge in [0.25, 0.3) is 5.91 Å². The van der Waals surface area contributed by atoms with E-state index in [4.69, 9.17) is 4.74 Å². The van der Waals surface area contributed by atoms with E-state index in [1.807, 2.05) is 11.8 Å². The molecule has 2 aliphatic rings. The smallest absolute Gasteiger partial charge is 0.259 e. The molecule has 1 aliphatic heterocycles. The number of fused-ring (bicyclic) bond motifs is 1. The number of carbonyl (C=O) groups excluding carboxylic acids is 1. The third-order valence-electron chi connectivity index (χ3n) is 4.98. The average Bonchev–Trinajstić information content (AvgIpc) is 3.16. The first-order valence-corrected chi connectivity index (χ1v) is 9.23. The lowest BCUT2D eigenvalue weighted by Gasteiger charge is -2.35. The van der Waals surface area contributed by atoms with Gasteiger partial charge in [-0.2, -0.15) is 5.10 Å². The first-order chi connectivity index (χ1) is 12.8. The number of nitrogens with zero attached hydrogens (tertiary/aromatic N) is 5. The van der Waals surface area contributed by atoms with Gasteiger partial charge in [-0.05, 0) is 49.9 Å². The van der Waals surface area contributed by atoms with Crippen LogP contribution < -0.4 is 9.64 Å². The summed E-state index contributed by atoms with van der Waals surface area (Å²) in [6.45, 7) is 5.18. The maximum atomic E-state index is 12.9. The van der Waals surface area contributed by atoms with Crippen LogP contribution in [0.2, 0.25) is 0 Å². The molecule has 0 unspecified atom stereocenters. The second-order valence-corrected chi connectivity index (χ2v) is 6.60. The van der Waals surface area contributed by atoms with Gasteiger partial charge >= 0.3 is 0 Å². The summed E-state index contributed by atoms with van der Waals surface area (Å²) in [5, 5.41) is 8.75. The minimum absolute atomic E-state index is 0.0266. The van der Waals surface area contributed by atoms with Crippen molar-refractivity contribution in [2.24, 2.45) is 0 Å². The minimum atomic E-state index is -0.0266. The molecule has 1 amide bonds. The van der Waals surface area contributed by atoms with E-state index in [0.29, 0.717) is 31.1 Å². The standard InChI is InChI=1S/C19H23N5O2/c1-2-26-18-15(6-4-8-20-18)19(25)24-11-9-23(10-12-24)17-13-14-5-3-7-16(14)21-22-17/h4,6,8,13H,2-3,5,7,9-12H2,1H3. The topological polar surface area (TPSA) is 71.5 Å². The van der Waals surface area contributed by atoms with Gasteiger partial charge in [0.1, 0.15) is 5.56 Å². The fourth-order valence-corrected chi connectivity index (χ4v) is 3.59. The Labute approximate surface area is 153 Å². The molecule has 2 aromatic rings. The van der Waals surface area contributed by atoms with Gasteiger partial charge in [-0.1, -0.05) is 0 Å². The zero-order valence-corrected chi connectivity index (χ0v) is 15.0. The average molecular weight is 353 g/mol. The fourth-order valence-electron chi connectivity index (χ4n) is 3.59. The summed E-state index contributed by atoms with van der Waals surface area (Å²) in [4.78, 5) is 21.1. The van der Waals surface area contributed by atoms with Crippen molar-refractivity contribution in [3.63, 3.8) is 0 Å². The summed E-state index contributed by atoms with van der Waals surface area (Å²) in [5.41, 5.74) is 2.99. The summed E-state index contributed by atoms with van der Waals surface area (Å²) < 4.78 is 5.49. The Hall–Kier alpha value is -2.70. The lowest BCUT2D eigenvalue weighted by Crippen LogP contribution is -2.49. The molecule has 3 heterocycles. The van der Waals surface area contributed by atoms with Crippen LogP contribution in [0.3, 0.4) is 0 Å². The summed E-state index contributed by atoms with van der Waals surface area (Å²) in [7, 11) is 0. The highest BCUT2D eigenvalue weighted by molar-refractivity contribution is 5.96. The van der Waals surface area contributed by atoms with Crippen LogP contribution in [0.15, 0.2) is 24.4 Å².